The molecule has 1 amide bonds. The minimum absolute atomic E-state index is 0.163. The Morgan fingerprint density at radius 2 is 1.88 bits per heavy atom. The summed E-state index contributed by atoms with van der Waals surface area (Å²) >= 11 is 12.4. The van der Waals surface area contributed by atoms with Gasteiger partial charge in [-0.1, -0.05) is 47.5 Å². The van der Waals surface area contributed by atoms with Crippen LogP contribution in [0.1, 0.15) is 22.5 Å². The van der Waals surface area contributed by atoms with E-state index >= 15 is 0 Å². The summed E-state index contributed by atoms with van der Waals surface area (Å²) in [5.74, 6) is -0.411. The van der Waals surface area contributed by atoms with Crippen molar-refractivity contribution in [2.45, 2.75) is 20.4 Å². The van der Waals surface area contributed by atoms with Crippen molar-refractivity contribution in [3.05, 3.63) is 87.3 Å². The number of fused-ring (bicyclic) bond motifs is 1. The van der Waals surface area contributed by atoms with Crippen molar-refractivity contribution in [2.75, 3.05) is 6.61 Å². The molecule has 7 nitrogen and oxygen atoms in total. The van der Waals surface area contributed by atoms with Crippen LogP contribution >= 0.6 is 23.2 Å². The maximum atomic E-state index is 12.1. The Balaban J connectivity index is 1.45. The minimum Gasteiger partial charge on any atom is -0.453 e. The van der Waals surface area contributed by atoms with Gasteiger partial charge in [0.1, 0.15) is 0 Å². The number of halogens is 2. The first-order valence-electron chi connectivity index (χ1n) is 10.2. The molecule has 168 valence electrons. The lowest BCUT2D eigenvalue weighted by Crippen LogP contribution is -2.25. The molecule has 9 heteroatoms. The number of hydrogen-bond acceptors (Lipinski definition) is 5. The Kier molecular flexibility index (Phi) is 6.91. The lowest BCUT2D eigenvalue weighted by molar-refractivity contribution is -0.123. The first-order valence-corrected chi connectivity index (χ1v) is 10.9. The van der Waals surface area contributed by atoms with E-state index in [2.05, 4.69) is 25.1 Å². The van der Waals surface area contributed by atoms with Gasteiger partial charge >= 0.3 is 6.01 Å². The molecule has 0 bridgehead atoms. The van der Waals surface area contributed by atoms with Gasteiger partial charge in [-0.05, 0) is 43.7 Å². The summed E-state index contributed by atoms with van der Waals surface area (Å²) in [4.78, 5) is 20.4. The minimum atomic E-state index is -0.411. The summed E-state index contributed by atoms with van der Waals surface area (Å²) < 4.78 is 7.44. The second-order valence-corrected chi connectivity index (χ2v) is 8.32. The van der Waals surface area contributed by atoms with Crippen molar-refractivity contribution in [3.63, 3.8) is 0 Å². The average molecular weight is 482 g/mol. The number of ether oxygens (including phenoxy) is 1. The van der Waals surface area contributed by atoms with Gasteiger partial charge in [0.25, 0.3) is 5.91 Å². The van der Waals surface area contributed by atoms with Crippen molar-refractivity contribution in [3.8, 4) is 6.01 Å². The topological polar surface area (TPSA) is 81.4 Å². The van der Waals surface area contributed by atoms with Crippen molar-refractivity contribution in [1.29, 1.82) is 0 Å². The Morgan fingerprint density at radius 1 is 1.12 bits per heavy atom. The molecular formula is C24H21Cl2N5O2. The van der Waals surface area contributed by atoms with Crippen LogP contribution < -0.4 is 10.2 Å². The number of benzene rings is 2. The lowest BCUT2D eigenvalue weighted by atomic mass is 10.2. The van der Waals surface area contributed by atoms with E-state index in [0.29, 0.717) is 16.6 Å². The predicted molar refractivity (Wildman–Crippen MR) is 130 cm³/mol. The van der Waals surface area contributed by atoms with Crippen LogP contribution in [0.2, 0.25) is 10.0 Å². The number of hydrazone groups is 1. The Labute approximate surface area is 201 Å². The number of rotatable bonds is 7. The van der Waals surface area contributed by atoms with E-state index in [1.165, 1.54) is 0 Å². The molecule has 0 spiro atoms. The largest absolute Gasteiger partial charge is 0.453 e. The Hall–Kier alpha value is -3.42. The Morgan fingerprint density at radius 3 is 2.64 bits per heavy atom. The smallest absolute Gasteiger partial charge is 0.317 e. The van der Waals surface area contributed by atoms with E-state index in [4.69, 9.17) is 27.9 Å². The van der Waals surface area contributed by atoms with Gasteiger partial charge in [0.05, 0.1) is 6.21 Å². The predicted octanol–water partition coefficient (Wildman–Crippen LogP) is 4.93. The van der Waals surface area contributed by atoms with Gasteiger partial charge in [-0.3, -0.25) is 4.79 Å². The normalized spacial score (nSPS) is 11.3. The van der Waals surface area contributed by atoms with E-state index in [1.54, 1.807) is 12.3 Å². The summed E-state index contributed by atoms with van der Waals surface area (Å²) in [7, 11) is 0. The third kappa shape index (κ3) is 5.69. The Bertz CT molecular complexity index is 1330. The number of carbonyl (C=O) groups is 1. The first kappa shape index (κ1) is 22.8. The number of amides is 1. The van der Waals surface area contributed by atoms with Crippen LogP contribution in [0.4, 0.5) is 0 Å². The fourth-order valence-electron chi connectivity index (χ4n) is 3.44. The molecule has 2 aromatic carbocycles. The number of aromatic nitrogens is 3. The van der Waals surface area contributed by atoms with E-state index in [-0.39, 0.29) is 12.6 Å². The number of carbonyl (C=O) groups excluding carboxylic acids is 1. The highest BCUT2D eigenvalue weighted by Crippen LogP contribution is 2.25. The third-order valence-corrected chi connectivity index (χ3v) is 5.45. The number of nitrogens with one attached hydrogen (secondary N) is 1. The zero-order chi connectivity index (χ0) is 23.4. The quantitative estimate of drug-likeness (QED) is 0.299. The number of nitrogens with zero attached hydrogens (tertiary/aromatic N) is 4. The molecule has 4 aromatic rings. The van der Waals surface area contributed by atoms with Crippen molar-refractivity contribution in [2.24, 2.45) is 5.10 Å². The fraction of sp³-hybridized carbons (Fsp3) is 0.167. The zero-order valence-corrected chi connectivity index (χ0v) is 19.6. The molecule has 33 heavy (non-hydrogen) atoms. The summed E-state index contributed by atoms with van der Waals surface area (Å²) in [6.45, 7) is 4.00. The molecule has 0 saturated carbocycles. The second kappa shape index (κ2) is 10.0. The third-order valence-electron chi connectivity index (χ3n) is 4.86. The van der Waals surface area contributed by atoms with Crippen molar-refractivity contribution >= 4 is 46.2 Å². The molecule has 0 radical (unpaired) electrons. The van der Waals surface area contributed by atoms with Gasteiger partial charge in [-0.2, -0.15) is 5.10 Å². The number of hydrogen-bond donors (Lipinski definition) is 1. The van der Waals surface area contributed by atoms with Crippen molar-refractivity contribution in [1.82, 2.24) is 20.0 Å². The van der Waals surface area contributed by atoms with Gasteiger partial charge in [0.15, 0.2) is 6.61 Å². The monoisotopic (exact) mass is 481 g/mol. The summed E-state index contributed by atoms with van der Waals surface area (Å²) in [6, 6.07) is 15.4. The molecule has 1 N–H and O–H groups in total. The van der Waals surface area contributed by atoms with E-state index in [9.17, 15) is 4.79 Å². The van der Waals surface area contributed by atoms with Gasteiger partial charge in [0.2, 0.25) is 0 Å². The van der Waals surface area contributed by atoms with E-state index in [0.717, 1.165) is 33.4 Å². The fourth-order valence-corrected chi connectivity index (χ4v) is 3.90. The van der Waals surface area contributed by atoms with Crippen molar-refractivity contribution < 1.29 is 9.53 Å². The number of aryl methyl sites for hydroxylation is 2. The average Bonchev–Trinajstić information content (AvgIpc) is 3.11. The first-order chi connectivity index (χ1) is 15.9. The van der Waals surface area contributed by atoms with Crippen LogP contribution in [0.3, 0.4) is 0 Å². The van der Waals surface area contributed by atoms with Crippen LogP contribution in [-0.2, 0) is 11.3 Å². The molecule has 0 unspecified atom stereocenters. The molecule has 0 aliphatic carbocycles. The molecule has 0 aliphatic rings. The van der Waals surface area contributed by atoms with Gasteiger partial charge in [-0.25, -0.2) is 15.4 Å². The molecule has 0 fully saturated rings. The SMILES string of the molecule is Cc1cc(C)nc(OCC(=O)N/N=C/c2cn(Cc3ccc(Cl)cc3Cl)c3ccccc23)n1. The van der Waals surface area contributed by atoms with Crippen LogP contribution in [0.15, 0.2) is 59.8 Å². The summed E-state index contributed by atoms with van der Waals surface area (Å²) in [5.41, 5.74) is 6.84. The van der Waals surface area contributed by atoms with Gasteiger partial charge < -0.3 is 9.30 Å². The highest BCUT2D eigenvalue weighted by atomic mass is 35.5. The van der Waals surface area contributed by atoms with E-state index in [1.807, 2.05) is 62.5 Å². The lowest BCUT2D eigenvalue weighted by Gasteiger charge is -2.08. The maximum Gasteiger partial charge on any atom is 0.317 e. The summed E-state index contributed by atoms with van der Waals surface area (Å²) in [5, 5.41) is 6.29. The van der Waals surface area contributed by atoms with Crippen LogP contribution in [0.5, 0.6) is 6.01 Å². The highest BCUT2D eigenvalue weighted by Gasteiger charge is 2.10. The molecule has 0 atom stereocenters. The zero-order valence-electron chi connectivity index (χ0n) is 18.0. The second-order valence-electron chi connectivity index (χ2n) is 7.48. The maximum absolute atomic E-state index is 12.1. The van der Waals surface area contributed by atoms with Gasteiger partial charge in [0, 0.05) is 50.6 Å². The standard InChI is InChI=1S/C24H21Cl2N5O2/c1-15-9-16(2)29-24(28-15)33-14-23(32)30-27-11-18-13-31(22-6-4-3-5-20(18)22)12-17-7-8-19(25)10-21(17)26/h3-11,13H,12,14H2,1-2H3,(H,30,32)/b27-11+. The van der Waals surface area contributed by atoms with Crippen LogP contribution in [0.25, 0.3) is 10.9 Å². The molecule has 4 rings (SSSR count). The van der Waals surface area contributed by atoms with Crippen LogP contribution in [-0.4, -0.2) is 33.3 Å². The van der Waals surface area contributed by atoms with Gasteiger partial charge in [-0.15, -0.1) is 0 Å². The molecule has 0 saturated heterocycles. The number of para-hydroxylation sites is 1. The van der Waals surface area contributed by atoms with E-state index < -0.39 is 5.91 Å². The molecule has 2 heterocycles. The summed E-state index contributed by atoms with van der Waals surface area (Å²) in [6.07, 6.45) is 3.57. The van der Waals surface area contributed by atoms with Crippen LogP contribution in [0, 0.1) is 13.8 Å². The molecule has 2 aromatic heterocycles. The molecule has 0 aliphatic heterocycles. The highest BCUT2D eigenvalue weighted by molar-refractivity contribution is 6.35. The molecular weight excluding hydrogens is 461 g/mol.